The van der Waals surface area contributed by atoms with E-state index in [-0.39, 0.29) is 0 Å². The van der Waals surface area contributed by atoms with Crippen molar-refractivity contribution < 1.29 is 9.47 Å². The lowest BCUT2D eigenvalue weighted by molar-refractivity contribution is 0.117. The van der Waals surface area contributed by atoms with E-state index in [0.29, 0.717) is 0 Å². The van der Waals surface area contributed by atoms with Crippen LogP contribution in [0.25, 0.3) is 0 Å². The number of nitrogens with zero attached hydrogens (tertiary/aromatic N) is 2. The van der Waals surface area contributed by atoms with Crippen molar-refractivity contribution in [1.82, 2.24) is 9.80 Å². The highest BCUT2D eigenvalue weighted by Crippen LogP contribution is 2.08. The highest BCUT2D eigenvalue weighted by Gasteiger charge is 2.09. The number of ether oxygens (including phenoxy) is 2. The van der Waals surface area contributed by atoms with Gasteiger partial charge in [0.1, 0.15) is 0 Å². The molecule has 0 aliphatic carbocycles. The first-order valence-corrected chi connectivity index (χ1v) is 12.2. The van der Waals surface area contributed by atoms with Crippen LogP contribution >= 0.6 is 0 Å². The Morgan fingerprint density at radius 2 is 0.786 bits per heavy atom. The van der Waals surface area contributed by atoms with Crippen LogP contribution in [0.4, 0.5) is 0 Å². The van der Waals surface area contributed by atoms with E-state index in [9.17, 15) is 0 Å². The Kier molecular flexibility index (Phi) is 23.0. The van der Waals surface area contributed by atoms with Gasteiger partial charge in [0.15, 0.2) is 0 Å². The Labute approximate surface area is 177 Å². The fraction of sp³-hybridized carbons (Fsp3) is 1.00. The van der Waals surface area contributed by atoms with Gasteiger partial charge in [-0.05, 0) is 25.9 Å². The van der Waals surface area contributed by atoms with E-state index < -0.39 is 0 Å². The molecule has 0 amide bonds. The van der Waals surface area contributed by atoms with Crippen LogP contribution in [0.3, 0.4) is 0 Å². The van der Waals surface area contributed by atoms with Crippen LogP contribution < -0.4 is 0 Å². The molecule has 28 heavy (non-hydrogen) atoms. The molecule has 0 N–H and O–H groups in total. The topological polar surface area (TPSA) is 24.9 Å². The molecule has 0 fully saturated rings. The first kappa shape index (κ1) is 27.8. The molecule has 0 aliphatic rings. The second-order valence-corrected chi connectivity index (χ2v) is 8.20. The van der Waals surface area contributed by atoms with Gasteiger partial charge in [-0.15, -0.1) is 0 Å². The van der Waals surface area contributed by atoms with Gasteiger partial charge in [-0.3, -0.25) is 9.80 Å². The zero-order chi connectivity index (χ0) is 20.7. The first-order chi connectivity index (χ1) is 13.8. The van der Waals surface area contributed by atoms with Crippen molar-refractivity contribution in [2.45, 2.75) is 90.9 Å². The molecule has 0 radical (unpaired) electrons. The summed E-state index contributed by atoms with van der Waals surface area (Å²) >= 11 is 0. The minimum absolute atomic E-state index is 0.839. The molecule has 0 saturated heterocycles. The largest absolute Gasteiger partial charge is 0.383 e. The summed E-state index contributed by atoms with van der Waals surface area (Å²) in [6.07, 6.45) is 16.4. The van der Waals surface area contributed by atoms with Crippen molar-refractivity contribution in [3.8, 4) is 0 Å². The molecule has 0 saturated carbocycles. The SMILES string of the molecule is CCCCCCCCN(CCOC)CCN(CCCCCCCC)CCOC. The second-order valence-electron chi connectivity index (χ2n) is 8.20. The molecular weight excluding hydrogens is 348 g/mol. The highest BCUT2D eigenvalue weighted by atomic mass is 16.5. The Balaban J connectivity index is 4.13. The average molecular weight is 401 g/mol. The summed E-state index contributed by atoms with van der Waals surface area (Å²) in [7, 11) is 3.62. The molecule has 0 rings (SSSR count). The Bertz CT molecular complexity index is 262. The fourth-order valence-corrected chi connectivity index (χ4v) is 3.63. The maximum Gasteiger partial charge on any atom is 0.0589 e. The average Bonchev–Trinajstić information content (AvgIpc) is 2.71. The van der Waals surface area contributed by atoms with Crippen molar-refractivity contribution in [2.24, 2.45) is 0 Å². The zero-order valence-electron chi connectivity index (χ0n) is 19.9. The Hall–Kier alpha value is -0.160. The van der Waals surface area contributed by atoms with Crippen LogP contribution in [-0.4, -0.2) is 76.5 Å². The van der Waals surface area contributed by atoms with E-state index in [4.69, 9.17) is 9.47 Å². The Morgan fingerprint density at radius 3 is 1.14 bits per heavy atom. The molecule has 0 aromatic carbocycles. The van der Waals surface area contributed by atoms with Gasteiger partial charge in [0, 0.05) is 40.4 Å². The molecule has 0 atom stereocenters. The summed E-state index contributed by atoms with van der Waals surface area (Å²) in [4.78, 5) is 5.20. The number of rotatable bonds is 23. The van der Waals surface area contributed by atoms with Crippen LogP contribution in [-0.2, 0) is 9.47 Å². The van der Waals surface area contributed by atoms with Crippen molar-refractivity contribution >= 4 is 0 Å². The van der Waals surface area contributed by atoms with Crippen LogP contribution in [0.5, 0.6) is 0 Å². The smallest absolute Gasteiger partial charge is 0.0589 e. The molecule has 0 aromatic rings. The zero-order valence-corrected chi connectivity index (χ0v) is 19.9. The highest BCUT2D eigenvalue weighted by molar-refractivity contribution is 4.65. The standard InChI is InChI=1S/C24H52N2O2/c1-5-7-9-11-13-15-17-25(21-23-27-3)19-20-26(22-24-28-4)18-16-14-12-10-8-6-2/h5-24H2,1-4H3. The van der Waals surface area contributed by atoms with E-state index in [1.165, 1.54) is 90.1 Å². The van der Waals surface area contributed by atoms with Crippen LogP contribution in [0, 0.1) is 0 Å². The Morgan fingerprint density at radius 1 is 0.429 bits per heavy atom. The van der Waals surface area contributed by atoms with Gasteiger partial charge >= 0.3 is 0 Å². The quantitative estimate of drug-likeness (QED) is 0.208. The van der Waals surface area contributed by atoms with Crippen LogP contribution in [0.1, 0.15) is 90.9 Å². The third kappa shape index (κ3) is 19.2. The number of hydrogen-bond donors (Lipinski definition) is 0. The van der Waals surface area contributed by atoms with E-state index in [1.54, 1.807) is 0 Å². The third-order valence-electron chi connectivity index (χ3n) is 5.61. The molecule has 0 spiro atoms. The minimum atomic E-state index is 0.839. The number of methoxy groups -OCH3 is 2. The molecule has 0 aliphatic heterocycles. The van der Waals surface area contributed by atoms with Gasteiger partial charge in [-0.1, -0.05) is 78.1 Å². The molecule has 0 bridgehead atoms. The molecule has 4 nitrogen and oxygen atoms in total. The van der Waals surface area contributed by atoms with Crippen molar-refractivity contribution in [1.29, 1.82) is 0 Å². The second kappa shape index (κ2) is 23.1. The normalized spacial score (nSPS) is 11.8. The van der Waals surface area contributed by atoms with Gasteiger partial charge in [0.2, 0.25) is 0 Å². The van der Waals surface area contributed by atoms with Crippen molar-refractivity contribution in [3.05, 3.63) is 0 Å². The minimum Gasteiger partial charge on any atom is -0.383 e. The van der Waals surface area contributed by atoms with Gasteiger partial charge in [-0.2, -0.15) is 0 Å². The van der Waals surface area contributed by atoms with E-state index in [1.807, 2.05) is 14.2 Å². The fourth-order valence-electron chi connectivity index (χ4n) is 3.63. The summed E-state index contributed by atoms with van der Waals surface area (Å²) in [6.45, 7) is 13.1. The third-order valence-corrected chi connectivity index (χ3v) is 5.61. The van der Waals surface area contributed by atoms with E-state index in [2.05, 4.69) is 23.6 Å². The molecule has 0 heterocycles. The maximum atomic E-state index is 5.34. The van der Waals surface area contributed by atoms with Gasteiger partial charge in [0.05, 0.1) is 13.2 Å². The number of hydrogen-bond acceptors (Lipinski definition) is 4. The predicted molar refractivity (Wildman–Crippen MR) is 123 cm³/mol. The summed E-state index contributed by atoms with van der Waals surface area (Å²) in [5.41, 5.74) is 0. The summed E-state index contributed by atoms with van der Waals surface area (Å²) in [5.74, 6) is 0. The monoisotopic (exact) mass is 400 g/mol. The lowest BCUT2D eigenvalue weighted by atomic mass is 10.1. The lowest BCUT2D eigenvalue weighted by Gasteiger charge is -2.27. The van der Waals surface area contributed by atoms with Crippen LogP contribution in [0.2, 0.25) is 0 Å². The van der Waals surface area contributed by atoms with Gasteiger partial charge < -0.3 is 9.47 Å². The van der Waals surface area contributed by atoms with Crippen molar-refractivity contribution in [3.63, 3.8) is 0 Å². The molecular formula is C24H52N2O2. The lowest BCUT2D eigenvalue weighted by Crippen LogP contribution is -2.39. The van der Waals surface area contributed by atoms with Crippen molar-refractivity contribution in [2.75, 3.05) is 66.7 Å². The summed E-state index contributed by atoms with van der Waals surface area (Å²) in [5, 5.41) is 0. The molecule has 0 aromatic heterocycles. The number of unbranched alkanes of at least 4 members (excludes halogenated alkanes) is 10. The summed E-state index contributed by atoms with van der Waals surface area (Å²) in [6, 6.07) is 0. The van der Waals surface area contributed by atoms with Gasteiger partial charge in [-0.25, -0.2) is 0 Å². The molecule has 170 valence electrons. The summed E-state index contributed by atoms with van der Waals surface area (Å²) < 4.78 is 10.7. The van der Waals surface area contributed by atoms with E-state index >= 15 is 0 Å². The van der Waals surface area contributed by atoms with E-state index in [0.717, 1.165) is 39.4 Å². The molecule has 0 unspecified atom stereocenters. The predicted octanol–water partition coefficient (Wildman–Crippen LogP) is 5.60. The first-order valence-electron chi connectivity index (χ1n) is 12.2. The maximum absolute atomic E-state index is 5.34. The molecule has 4 heteroatoms. The van der Waals surface area contributed by atoms with Gasteiger partial charge in [0.25, 0.3) is 0 Å². The van der Waals surface area contributed by atoms with Crippen LogP contribution in [0.15, 0.2) is 0 Å².